The predicted molar refractivity (Wildman–Crippen MR) is 90.3 cm³/mol. The molecule has 2 N–H and O–H groups in total. The Morgan fingerprint density at radius 1 is 1.22 bits per heavy atom. The molecule has 0 saturated heterocycles. The fourth-order valence-corrected chi connectivity index (χ4v) is 2.28. The lowest BCUT2D eigenvalue weighted by atomic mass is 10.1. The van der Waals surface area contributed by atoms with E-state index in [0.29, 0.717) is 5.57 Å². The monoisotopic (exact) mass is 310 g/mol. The number of hydrogen-bond acceptors (Lipinski definition) is 5. The summed E-state index contributed by atoms with van der Waals surface area (Å²) < 4.78 is 0. The Morgan fingerprint density at radius 2 is 2.00 bits per heavy atom. The number of H-pyrrole nitrogens is 1. The SMILES string of the molecule is CCCCCCCc1ccc(NC=C(C#N)c2nn[nH]n2)cc1. The molecule has 0 spiro atoms. The Balaban J connectivity index is 1.84. The van der Waals surface area contributed by atoms with Gasteiger partial charge in [-0.15, -0.1) is 10.2 Å². The van der Waals surface area contributed by atoms with Crippen molar-refractivity contribution >= 4 is 11.3 Å². The standard InChI is InChI=1S/C17H22N6/c1-2-3-4-5-6-7-14-8-10-16(11-9-14)19-13-15(12-18)17-20-22-23-21-17/h8-11,13,19H,2-7H2,1H3,(H,20,21,22,23). The van der Waals surface area contributed by atoms with Crippen LogP contribution in [0.2, 0.25) is 0 Å². The van der Waals surface area contributed by atoms with Crippen LogP contribution in [-0.2, 0) is 6.42 Å². The molecule has 0 amide bonds. The van der Waals surface area contributed by atoms with E-state index in [1.165, 1.54) is 37.7 Å². The second-order valence-electron chi connectivity index (χ2n) is 5.41. The molecule has 0 aliphatic heterocycles. The van der Waals surface area contributed by atoms with Gasteiger partial charge in [0.05, 0.1) is 0 Å². The van der Waals surface area contributed by atoms with Crippen molar-refractivity contribution in [2.75, 3.05) is 5.32 Å². The van der Waals surface area contributed by atoms with Crippen molar-refractivity contribution in [1.29, 1.82) is 5.26 Å². The summed E-state index contributed by atoms with van der Waals surface area (Å²) in [7, 11) is 0. The normalized spacial score (nSPS) is 11.2. The quantitative estimate of drug-likeness (QED) is 0.544. The molecule has 1 aromatic carbocycles. The third-order valence-electron chi connectivity index (χ3n) is 3.61. The van der Waals surface area contributed by atoms with Crippen LogP contribution in [0.4, 0.5) is 5.69 Å². The first-order valence-corrected chi connectivity index (χ1v) is 8.03. The zero-order chi connectivity index (χ0) is 16.3. The van der Waals surface area contributed by atoms with Crippen LogP contribution in [0, 0.1) is 11.3 Å². The minimum absolute atomic E-state index is 0.281. The maximum absolute atomic E-state index is 9.10. The van der Waals surface area contributed by atoms with E-state index < -0.39 is 0 Å². The van der Waals surface area contributed by atoms with Gasteiger partial charge in [-0.25, -0.2) is 0 Å². The van der Waals surface area contributed by atoms with Crippen molar-refractivity contribution < 1.29 is 0 Å². The summed E-state index contributed by atoms with van der Waals surface area (Å²) in [5.41, 5.74) is 2.60. The number of benzene rings is 1. The van der Waals surface area contributed by atoms with Gasteiger partial charge in [0.15, 0.2) is 0 Å². The van der Waals surface area contributed by atoms with Crippen LogP contribution in [0.5, 0.6) is 0 Å². The van der Waals surface area contributed by atoms with Crippen LogP contribution < -0.4 is 5.32 Å². The molecule has 120 valence electrons. The van der Waals surface area contributed by atoms with E-state index in [9.17, 15) is 0 Å². The number of tetrazole rings is 1. The summed E-state index contributed by atoms with van der Waals surface area (Å²) in [5.74, 6) is 0.281. The Hall–Kier alpha value is -2.68. The molecule has 6 nitrogen and oxygen atoms in total. The third-order valence-corrected chi connectivity index (χ3v) is 3.61. The van der Waals surface area contributed by atoms with E-state index in [-0.39, 0.29) is 5.82 Å². The van der Waals surface area contributed by atoms with Gasteiger partial charge in [0.1, 0.15) is 11.6 Å². The minimum Gasteiger partial charge on any atom is -0.360 e. The average Bonchev–Trinajstić information content (AvgIpc) is 3.11. The number of nitriles is 1. The van der Waals surface area contributed by atoms with Gasteiger partial charge in [0.25, 0.3) is 0 Å². The van der Waals surface area contributed by atoms with Crippen molar-refractivity contribution in [2.24, 2.45) is 0 Å². The number of aromatic nitrogens is 4. The summed E-state index contributed by atoms with van der Waals surface area (Å²) in [6.45, 7) is 2.23. The molecular formula is C17H22N6. The highest BCUT2D eigenvalue weighted by Crippen LogP contribution is 2.14. The number of aryl methyl sites for hydroxylation is 1. The first-order chi connectivity index (χ1) is 11.3. The summed E-state index contributed by atoms with van der Waals surface area (Å²) in [4.78, 5) is 0. The van der Waals surface area contributed by atoms with Crippen molar-refractivity contribution in [2.45, 2.75) is 45.4 Å². The Bertz CT molecular complexity index is 637. The molecular weight excluding hydrogens is 288 g/mol. The smallest absolute Gasteiger partial charge is 0.216 e. The topological polar surface area (TPSA) is 90.3 Å². The second kappa shape index (κ2) is 9.36. The van der Waals surface area contributed by atoms with Gasteiger partial charge >= 0.3 is 0 Å². The molecule has 0 radical (unpaired) electrons. The fourth-order valence-electron chi connectivity index (χ4n) is 2.28. The van der Waals surface area contributed by atoms with Crippen molar-refractivity contribution in [3.05, 3.63) is 41.9 Å². The van der Waals surface area contributed by atoms with Gasteiger partial charge in [0, 0.05) is 11.9 Å². The molecule has 0 bridgehead atoms. The first-order valence-electron chi connectivity index (χ1n) is 8.03. The van der Waals surface area contributed by atoms with Gasteiger partial charge in [-0.1, -0.05) is 44.7 Å². The molecule has 0 fully saturated rings. The van der Waals surface area contributed by atoms with E-state index in [2.05, 4.69) is 45.0 Å². The molecule has 2 aromatic rings. The lowest BCUT2D eigenvalue weighted by Gasteiger charge is -2.05. The maximum Gasteiger partial charge on any atom is 0.216 e. The summed E-state index contributed by atoms with van der Waals surface area (Å²) >= 11 is 0. The van der Waals surface area contributed by atoms with Crippen LogP contribution >= 0.6 is 0 Å². The molecule has 0 saturated carbocycles. The number of allylic oxidation sites excluding steroid dienone is 1. The lowest BCUT2D eigenvalue weighted by molar-refractivity contribution is 0.632. The van der Waals surface area contributed by atoms with Gasteiger partial charge in [-0.3, -0.25) is 0 Å². The van der Waals surface area contributed by atoms with Crippen LogP contribution in [-0.4, -0.2) is 20.6 Å². The van der Waals surface area contributed by atoms with E-state index in [1.807, 2.05) is 18.2 Å². The molecule has 0 atom stereocenters. The number of hydrogen-bond donors (Lipinski definition) is 2. The van der Waals surface area contributed by atoms with Crippen LogP contribution in [0.1, 0.15) is 50.4 Å². The van der Waals surface area contributed by atoms with E-state index in [4.69, 9.17) is 5.26 Å². The zero-order valence-electron chi connectivity index (χ0n) is 13.4. The second-order valence-corrected chi connectivity index (χ2v) is 5.41. The Labute approximate surface area is 136 Å². The number of unbranched alkanes of at least 4 members (excludes halogenated alkanes) is 4. The minimum atomic E-state index is 0.281. The third kappa shape index (κ3) is 5.55. The Morgan fingerprint density at radius 3 is 2.65 bits per heavy atom. The molecule has 23 heavy (non-hydrogen) atoms. The highest BCUT2D eigenvalue weighted by Gasteiger charge is 2.05. The van der Waals surface area contributed by atoms with Gasteiger partial charge < -0.3 is 5.32 Å². The number of rotatable bonds is 9. The van der Waals surface area contributed by atoms with Crippen LogP contribution in [0.15, 0.2) is 30.5 Å². The number of nitrogens with one attached hydrogen (secondary N) is 2. The first kappa shape index (κ1) is 16.7. The van der Waals surface area contributed by atoms with E-state index in [1.54, 1.807) is 6.20 Å². The molecule has 6 heteroatoms. The number of nitrogens with zero attached hydrogens (tertiary/aromatic N) is 4. The summed E-state index contributed by atoms with van der Waals surface area (Å²) in [6.07, 6.45) is 9.18. The fraction of sp³-hybridized carbons (Fsp3) is 0.412. The van der Waals surface area contributed by atoms with E-state index in [0.717, 1.165) is 12.1 Å². The molecule has 2 rings (SSSR count). The van der Waals surface area contributed by atoms with Crippen molar-refractivity contribution in [3.63, 3.8) is 0 Å². The lowest BCUT2D eigenvalue weighted by Crippen LogP contribution is -1.93. The summed E-state index contributed by atoms with van der Waals surface area (Å²) in [6, 6.07) is 10.3. The highest BCUT2D eigenvalue weighted by molar-refractivity contribution is 5.73. The maximum atomic E-state index is 9.10. The molecule has 1 aromatic heterocycles. The Kier molecular flexibility index (Phi) is 6.79. The molecule has 1 heterocycles. The van der Waals surface area contributed by atoms with Crippen LogP contribution in [0.25, 0.3) is 5.57 Å². The van der Waals surface area contributed by atoms with Crippen molar-refractivity contribution in [3.8, 4) is 6.07 Å². The largest absolute Gasteiger partial charge is 0.360 e. The van der Waals surface area contributed by atoms with E-state index >= 15 is 0 Å². The van der Waals surface area contributed by atoms with Gasteiger partial charge in [-0.05, 0) is 35.8 Å². The summed E-state index contributed by atoms with van der Waals surface area (Å²) in [5, 5.41) is 25.5. The average molecular weight is 310 g/mol. The molecule has 0 unspecified atom stereocenters. The van der Waals surface area contributed by atoms with Crippen LogP contribution in [0.3, 0.4) is 0 Å². The van der Waals surface area contributed by atoms with Gasteiger partial charge in [-0.2, -0.15) is 10.5 Å². The number of anilines is 1. The zero-order valence-corrected chi connectivity index (χ0v) is 13.4. The molecule has 0 aliphatic carbocycles. The predicted octanol–water partition coefficient (Wildman–Crippen LogP) is 3.69. The van der Waals surface area contributed by atoms with Crippen molar-refractivity contribution in [1.82, 2.24) is 20.6 Å². The molecule has 0 aliphatic rings. The van der Waals surface area contributed by atoms with Gasteiger partial charge in [0.2, 0.25) is 5.82 Å². The highest BCUT2D eigenvalue weighted by atomic mass is 15.5. The number of aromatic amines is 1.